The van der Waals surface area contributed by atoms with E-state index in [1.807, 2.05) is 18.2 Å². The molecular weight excluding hydrogens is 258 g/mol. The van der Waals surface area contributed by atoms with Crippen LogP contribution in [0, 0.1) is 16.7 Å². The van der Waals surface area contributed by atoms with Gasteiger partial charge in [0.25, 0.3) is 0 Å². The van der Waals surface area contributed by atoms with Crippen LogP contribution in [-0.2, 0) is 6.54 Å². The minimum absolute atomic E-state index is 0. The molecule has 0 aromatic heterocycles. The summed E-state index contributed by atoms with van der Waals surface area (Å²) in [7, 11) is 0. The zero-order valence-corrected chi connectivity index (χ0v) is 12.5. The highest BCUT2D eigenvalue weighted by Gasteiger charge is 2.26. The molecule has 4 heteroatoms. The number of rotatable bonds is 2. The summed E-state index contributed by atoms with van der Waals surface area (Å²) in [5, 5.41) is 9.25. The fourth-order valence-electron chi connectivity index (χ4n) is 2.43. The van der Waals surface area contributed by atoms with Gasteiger partial charge in [-0.1, -0.05) is 19.9 Å². The third kappa shape index (κ3) is 3.62. The minimum Gasteiger partial charge on any atom is -0.370 e. The van der Waals surface area contributed by atoms with E-state index in [4.69, 9.17) is 5.73 Å². The summed E-state index contributed by atoms with van der Waals surface area (Å²) in [6, 6.07) is 8.27. The Hall–Kier alpha value is -1.24. The van der Waals surface area contributed by atoms with E-state index in [9.17, 15) is 5.26 Å². The average molecular weight is 280 g/mol. The molecule has 0 atom stereocenters. The lowest BCUT2D eigenvalue weighted by Gasteiger charge is -2.38. The lowest BCUT2D eigenvalue weighted by molar-refractivity contribution is 0.280. The van der Waals surface area contributed by atoms with Crippen molar-refractivity contribution in [3.63, 3.8) is 0 Å². The van der Waals surface area contributed by atoms with E-state index >= 15 is 0 Å². The van der Waals surface area contributed by atoms with Crippen LogP contribution in [0.25, 0.3) is 0 Å². The number of nitriles is 1. The number of anilines is 1. The number of hydrogen-bond acceptors (Lipinski definition) is 3. The van der Waals surface area contributed by atoms with E-state index in [1.165, 1.54) is 12.8 Å². The Morgan fingerprint density at radius 2 is 1.95 bits per heavy atom. The van der Waals surface area contributed by atoms with Gasteiger partial charge in [-0.15, -0.1) is 12.4 Å². The van der Waals surface area contributed by atoms with Crippen LogP contribution in [0.3, 0.4) is 0 Å². The van der Waals surface area contributed by atoms with E-state index in [0.29, 0.717) is 12.0 Å². The summed E-state index contributed by atoms with van der Waals surface area (Å²) in [4.78, 5) is 2.32. The molecule has 0 radical (unpaired) electrons. The molecule has 1 saturated heterocycles. The standard InChI is InChI=1S/C15H21N3.ClH/c1-15(2)5-7-18(8-6-15)14-4-3-12(10-16)9-13(14)11-17;/h3-4,9H,5-8,10,16H2,1-2H3;1H. The first-order chi connectivity index (χ1) is 8.55. The molecular formula is C15H22ClN3. The lowest BCUT2D eigenvalue weighted by atomic mass is 9.82. The molecule has 0 unspecified atom stereocenters. The van der Waals surface area contributed by atoms with Crippen molar-refractivity contribution in [3.8, 4) is 6.07 Å². The predicted octanol–water partition coefficient (Wildman–Crippen LogP) is 3.07. The molecule has 2 rings (SSSR count). The maximum absolute atomic E-state index is 9.25. The molecule has 0 amide bonds. The second-order valence-electron chi connectivity index (χ2n) is 5.82. The van der Waals surface area contributed by atoms with Crippen molar-refractivity contribution < 1.29 is 0 Å². The highest BCUT2D eigenvalue weighted by molar-refractivity contribution is 5.85. The third-order valence-corrected chi connectivity index (χ3v) is 3.87. The van der Waals surface area contributed by atoms with Crippen LogP contribution in [0.5, 0.6) is 0 Å². The van der Waals surface area contributed by atoms with Crippen LogP contribution < -0.4 is 10.6 Å². The number of halogens is 1. The van der Waals surface area contributed by atoms with E-state index in [2.05, 4.69) is 24.8 Å². The molecule has 0 saturated carbocycles. The maximum Gasteiger partial charge on any atom is 0.101 e. The first-order valence-corrected chi connectivity index (χ1v) is 6.54. The Kier molecular flexibility index (Phi) is 5.22. The molecule has 104 valence electrons. The Balaban J connectivity index is 0.00000180. The summed E-state index contributed by atoms with van der Waals surface area (Å²) in [6.45, 7) is 7.18. The fourth-order valence-corrected chi connectivity index (χ4v) is 2.43. The summed E-state index contributed by atoms with van der Waals surface area (Å²) < 4.78 is 0. The fraction of sp³-hybridized carbons (Fsp3) is 0.533. The van der Waals surface area contributed by atoms with E-state index in [-0.39, 0.29) is 12.4 Å². The molecule has 1 aliphatic heterocycles. The van der Waals surface area contributed by atoms with Gasteiger partial charge in [-0.3, -0.25) is 0 Å². The average Bonchev–Trinajstić information content (AvgIpc) is 2.38. The van der Waals surface area contributed by atoms with Crippen LogP contribution in [-0.4, -0.2) is 13.1 Å². The largest absolute Gasteiger partial charge is 0.370 e. The predicted molar refractivity (Wildman–Crippen MR) is 81.5 cm³/mol. The smallest absolute Gasteiger partial charge is 0.101 e. The van der Waals surface area contributed by atoms with Crippen molar-refractivity contribution in [2.75, 3.05) is 18.0 Å². The second-order valence-corrected chi connectivity index (χ2v) is 5.82. The molecule has 1 aromatic rings. The topological polar surface area (TPSA) is 53.0 Å². The lowest BCUT2D eigenvalue weighted by Crippen LogP contribution is -2.37. The number of benzene rings is 1. The zero-order chi connectivity index (χ0) is 13.2. The summed E-state index contributed by atoms with van der Waals surface area (Å²) in [6.07, 6.45) is 2.35. The quantitative estimate of drug-likeness (QED) is 0.905. The Morgan fingerprint density at radius 3 is 2.47 bits per heavy atom. The van der Waals surface area contributed by atoms with Gasteiger partial charge in [0.2, 0.25) is 0 Å². The second kappa shape index (κ2) is 6.27. The Bertz CT molecular complexity index is 467. The van der Waals surface area contributed by atoms with Gasteiger partial charge in [-0.2, -0.15) is 5.26 Å². The normalized spacial score (nSPS) is 17.5. The van der Waals surface area contributed by atoms with Gasteiger partial charge in [0.1, 0.15) is 6.07 Å². The molecule has 0 aliphatic carbocycles. The van der Waals surface area contributed by atoms with Crippen LogP contribution >= 0.6 is 12.4 Å². The van der Waals surface area contributed by atoms with Crippen molar-refractivity contribution in [3.05, 3.63) is 29.3 Å². The Morgan fingerprint density at radius 1 is 1.32 bits per heavy atom. The molecule has 1 heterocycles. The summed E-state index contributed by atoms with van der Waals surface area (Å²) in [5.74, 6) is 0. The van der Waals surface area contributed by atoms with E-state index < -0.39 is 0 Å². The summed E-state index contributed by atoms with van der Waals surface area (Å²) in [5.41, 5.74) is 8.87. The number of nitrogens with two attached hydrogens (primary N) is 1. The summed E-state index contributed by atoms with van der Waals surface area (Å²) >= 11 is 0. The molecule has 0 spiro atoms. The third-order valence-electron chi connectivity index (χ3n) is 3.87. The molecule has 1 aromatic carbocycles. The first-order valence-electron chi connectivity index (χ1n) is 6.54. The monoisotopic (exact) mass is 279 g/mol. The molecule has 2 N–H and O–H groups in total. The van der Waals surface area contributed by atoms with Gasteiger partial charge in [-0.05, 0) is 36.0 Å². The minimum atomic E-state index is 0. The van der Waals surface area contributed by atoms with E-state index in [0.717, 1.165) is 29.9 Å². The van der Waals surface area contributed by atoms with Crippen molar-refractivity contribution in [2.24, 2.45) is 11.1 Å². The van der Waals surface area contributed by atoms with Gasteiger partial charge in [0.05, 0.1) is 11.3 Å². The molecule has 19 heavy (non-hydrogen) atoms. The van der Waals surface area contributed by atoms with Crippen molar-refractivity contribution in [2.45, 2.75) is 33.2 Å². The van der Waals surface area contributed by atoms with Crippen LogP contribution in [0.2, 0.25) is 0 Å². The van der Waals surface area contributed by atoms with Crippen molar-refractivity contribution in [1.82, 2.24) is 0 Å². The zero-order valence-electron chi connectivity index (χ0n) is 11.6. The van der Waals surface area contributed by atoms with Gasteiger partial charge in [-0.25, -0.2) is 0 Å². The molecule has 1 fully saturated rings. The molecule has 1 aliphatic rings. The van der Waals surface area contributed by atoms with Crippen LogP contribution in [0.1, 0.15) is 37.8 Å². The number of piperidine rings is 1. The Labute approximate surface area is 121 Å². The van der Waals surface area contributed by atoms with Crippen LogP contribution in [0.15, 0.2) is 18.2 Å². The highest BCUT2D eigenvalue weighted by Crippen LogP contribution is 2.33. The van der Waals surface area contributed by atoms with E-state index in [1.54, 1.807) is 0 Å². The van der Waals surface area contributed by atoms with Crippen LogP contribution in [0.4, 0.5) is 5.69 Å². The van der Waals surface area contributed by atoms with Crippen molar-refractivity contribution >= 4 is 18.1 Å². The number of hydrogen-bond donors (Lipinski definition) is 1. The number of nitrogens with zero attached hydrogens (tertiary/aromatic N) is 2. The van der Waals surface area contributed by atoms with Gasteiger partial charge >= 0.3 is 0 Å². The van der Waals surface area contributed by atoms with Crippen molar-refractivity contribution in [1.29, 1.82) is 5.26 Å². The van der Waals surface area contributed by atoms with Gasteiger partial charge in [0.15, 0.2) is 0 Å². The first kappa shape index (κ1) is 15.8. The molecule has 3 nitrogen and oxygen atoms in total. The van der Waals surface area contributed by atoms with Gasteiger partial charge in [0, 0.05) is 19.6 Å². The van der Waals surface area contributed by atoms with Gasteiger partial charge < -0.3 is 10.6 Å². The highest BCUT2D eigenvalue weighted by atomic mass is 35.5. The maximum atomic E-state index is 9.25. The SMILES string of the molecule is CC1(C)CCN(c2ccc(CN)cc2C#N)CC1.Cl. The molecule has 0 bridgehead atoms.